The topological polar surface area (TPSA) is 55.8 Å². The minimum absolute atomic E-state index is 0.101. The fourth-order valence-electron chi connectivity index (χ4n) is 2.76. The summed E-state index contributed by atoms with van der Waals surface area (Å²) in [4.78, 5) is 26.3. The lowest BCUT2D eigenvalue weighted by atomic mass is 10.1. The third-order valence-electron chi connectivity index (χ3n) is 4.09. The summed E-state index contributed by atoms with van der Waals surface area (Å²) in [5.41, 5.74) is 0.749. The van der Waals surface area contributed by atoms with Gasteiger partial charge in [0.25, 0.3) is 11.1 Å². The largest absolute Gasteiger partial charge is 0.492 e. The van der Waals surface area contributed by atoms with Crippen LogP contribution in [0.25, 0.3) is 6.08 Å². The first-order valence-corrected chi connectivity index (χ1v) is 10.5. The van der Waals surface area contributed by atoms with Crippen molar-refractivity contribution in [1.29, 1.82) is 0 Å². The van der Waals surface area contributed by atoms with Gasteiger partial charge in [0, 0.05) is 10.6 Å². The highest BCUT2D eigenvalue weighted by Gasteiger charge is 2.36. The number of thioether (sulfide) groups is 1. The van der Waals surface area contributed by atoms with Crippen LogP contribution in [-0.4, -0.2) is 29.8 Å². The maximum absolute atomic E-state index is 14.0. The molecule has 2 aromatic rings. The van der Waals surface area contributed by atoms with Gasteiger partial charge in [0.1, 0.15) is 5.82 Å². The van der Waals surface area contributed by atoms with Gasteiger partial charge in [-0.3, -0.25) is 14.5 Å². The van der Waals surface area contributed by atoms with Crippen molar-refractivity contribution in [2.24, 2.45) is 0 Å². The van der Waals surface area contributed by atoms with Crippen LogP contribution in [0.15, 0.2) is 39.7 Å². The van der Waals surface area contributed by atoms with E-state index in [4.69, 9.17) is 21.1 Å². The van der Waals surface area contributed by atoms with Gasteiger partial charge >= 0.3 is 0 Å². The van der Waals surface area contributed by atoms with Crippen LogP contribution in [-0.2, 0) is 11.3 Å². The molecule has 5 nitrogen and oxygen atoms in total. The smallest absolute Gasteiger partial charge is 0.293 e. The van der Waals surface area contributed by atoms with E-state index < -0.39 is 17.0 Å². The molecule has 2 aromatic carbocycles. The van der Waals surface area contributed by atoms with Gasteiger partial charge < -0.3 is 9.47 Å². The number of carbonyl (C=O) groups is 2. The summed E-state index contributed by atoms with van der Waals surface area (Å²) < 4.78 is 25.6. The number of imide groups is 1. The number of rotatable bonds is 6. The zero-order chi connectivity index (χ0) is 21.1. The fraction of sp³-hybridized carbons (Fsp3) is 0.200. The second-order valence-corrected chi connectivity index (χ2v) is 8.19. The molecule has 0 N–H and O–H groups in total. The molecule has 152 valence electrons. The molecular formula is C20H16BrClFNO4S. The van der Waals surface area contributed by atoms with E-state index in [1.807, 2.05) is 6.92 Å². The molecule has 1 aliphatic rings. The molecule has 2 amide bonds. The zero-order valence-electron chi connectivity index (χ0n) is 15.5. The molecule has 9 heteroatoms. The predicted octanol–water partition coefficient (Wildman–Crippen LogP) is 5.89. The van der Waals surface area contributed by atoms with Gasteiger partial charge in [-0.1, -0.05) is 17.7 Å². The molecule has 0 unspecified atom stereocenters. The molecule has 0 atom stereocenters. The van der Waals surface area contributed by atoms with Gasteiger partial charge in [0.2, 0.25) is 0 Å². The van der Waals surface area contributed by atoms with Crippen LogP contribution in [0.4, 0.5) is 9.18 Å². The zero-order valence-corrected chi connectivity index (χ0v) is 18.7. The molecule has 0 bridgehead atoms. The first-order chi connectivity index (χ1) is 13.8. The van der Waals surface area contributed by atoms with Crippen molar-refractivity contribution in [2.45, 2.75) is 13.5 Å². The summed E-state index contributed by atoms with van der Waals surface area (Å²) in [5.74, 6) is -0.0375. The molecule has 1 fully saturated rings. The SMILES string of the molecule is CCOc1cc(/C=C2/SC(=O)N(Cc3c(F)cccc3Cl)C2=O)cc(Br)c1OC. The summed E-state index contributed by atoms with van der Waals surface area (Å²) in [7, 11) is 1.53. The molecule has 0 aromatic heterocycles. The van der Waals surface area contributed by atoms with Gasteiger partial charge in [-0.25, -0.2) is 4.39 Å². The van der Waals surface area contributed by atoms with Crippen molar-refractivity contribution < 1.29 is 23.5 Å². The summed E-state index contributed by atoms with van der Waals surface area (Å²) >= 11 is 10.2. The Balaban J connectivity index is 1.90. The second-order valence-electron chi connectivity index (χ2n) is 5.94. The Morgan fingerprint density at radius 3 is 2.72 bits per heavy atom. The third-order valence-corrected chi connectivity index (χ3v) is 5.94. The lowest BCUT2D eigenvalue weighted by molar-refractivity contribution is -0.123. The van der Waals surface area contributed by atoms with E-state index in [2.05, 4.69) is 15.9 Å². The first-order valence-electron chi connectivity index (χ1n) is 8.54. The van der Waals surface area contributed by atoms with Crippen molar-refractivity contribution in [2.75, 3.05) is 13.7 Å². The summed E-state index contributed by atoms with van der Waals surface area (Å²) in [6, 6.07) is 7.68. The number of hydrogen-bond acceptors (Lipinski definition) is 5. The lowest BCUT2D eigenvalue weighted by Crippen LogP contribution is -2.28. The monoisotopic (exact) mass is 499 g/mol. The van der Waals surface area contributed by atoms with Gasteiger partial charge in [-0.15, -0.1) is 0 Å². The maximum Gasteiger partial charge on any atom is 0.293 e. The van der Waals surface area contributed by atoms with E-state index in [1.54, 1.807) is 18.2 Å². The molecule has 1 heterocycles. The van der Waals surface area contributed by atoms with Gasteiger partial charge in [-0.2, -0.15) is 0 Å². The average Bonchev–Trinajstić information content (AvgIpc) is 2.92. The quantitative estimate of drug-likeness (QED) is 0.463. The summed E-state index contributed by atoms with van der Waals surface area (Å²) in [6.07, 6.45) is 1.58. The van der Waals surface area contributed by atoms with Crippen LogP contribution in [0.1, 0.15) is 18.1 Å². The van der Waals surface area contributed by atoms with E-state index in [0.717, 1.165) is 16.7 Å². The van der Waals surface area contributed by atoms with E-state index in [0.29, 0.717) is 28.1 Å². The first kappa shape index (κ1) is 21.7. The molecule has 1 aliphatic heterocycles. The minimum Gasteiger partial charge on any atom is -0.492 e. The molecule has 0 spiro atoms. The molecule has 1 saturated heterocycles. The van der Waals surface area contributed by atoms with Crippen molar-refractivity contribution in [3.63, 3.8) is 0 Å². The van der Waals surface area contributed by atoms with Crippen LogP contribution in [0.5, 0.6) is 11.5 Å². The molecule has 29 heavy (non-hydrogen) atoms. The number of hydrogen-bond donors (Lipinski definition) is 0. The van der Waals surface area contributed by atoms with Crippen LogP contribution in [0.3, 0.4) is 0 Å². The Kier molecular flexibility index (Phi) is 6.87. The Bertz CT molecular complexity index is 994. The highest BCUT2D eigenvalue weighted by Crippen LogP contribution is 2.39. The van der Waals surface area contributed by atoms with E-state index in [9.17, 15) is 14.0 Å². The molecule has 0 aliphatic carbocycles. The molecule has 3 rings (SSSR count). The number of benzene rings is 2. The fourth-order valence-corrected chi connectivity index (χ4v) is 4.44. The van der Waals surface area contributed by atoms with E-state index >= 15 is 0 Å². The van der Waals surface area contributed by atoms with Gasteiger partial charge in [0.05, 0.1) is 29.6 Å². The number of halogens is 3. The number of methoxy groups -OCH3 is 1. The molecule has 0 radical (unpaired) electrons. The summed E-state index contributed by atoms with van der Waals surface area (Å²) in [5, 5.41) is -0.327. The Morgan fingerprint density at radius 2 is 2.07 bits per heavy atom. The Labute approximate surface area is 184 Å². The second kappa shape index (κ2) is 9.19. The minimum atomic E-state index is -0.569. The normalized spacial score (nSPS) is 15.3. The van der Waals surface area contributed by atoms with E-state index in [1.165, 1.54) is 25.3 Å². The molecular weight excluding hydrogens is 485 g/mol. The number of amides is 2. The average molecular weight is 501 g/mol. The van der Waals surface area contributed by atoms with Crippen LogP contribution in [0.2, 0.25) is 5.02 Å². The van der Waals surface area contributed by atoms with Crippen molar-refractivity contribution in [1.82, 2.24) is 4.90 Å². The van der Waals surface area contributed by atoms with Crippen molar-refractivity contribution in [3.8, 4) is 11.5 Å². The standard InChI is InChI=1S/C20H16BrClFNO4S/c1-3-28-16-8-11(7-13(21)18(16)27-2)9-17-19(25)24(20(26)29-17)10-12-14(22)5-4-6-15(12)23/h4-9H,3,10H2,1-2H3/b17-9+. The van der Waals surface area contributed by atoms with Crippen LogP contribution < -0.4 is 9.47 Å². The Hall–Kier alpha value is -2.03. The highest BCUT2D eigenvalue weighted by atomic mass is 79.9. The lowest BCUT2D eigenvalue weighted by Gasteiger charge is -2.14. The summed E-state index contributed by atoms with van der Waals surface area (Å²) in [6.45, 7) is 2.05. The van der Waals surface area contributed by atoms with Crippen molar-refractivity contribution >= 4 is 56.5 Å². The third kappa shape index (κ3) is 4.60. The number of carbonyl (C=O) groups excluding carboxylic acids is 2. The number of nitrogens with zero attached hydrogens (tertiary/aromatic N) is 1. The number of ether oxygens (including phenoxy) is 2. The van der Waals surface area contributed by atoms with Crippen LogP contribution >= 0.6 is 39.3 Å². The van der Waals surface area contributed by atoms with Crippen molar-refractivity contribution in [3.05, 3.63) is 61.7 Å². The maximum atomic E-state index is 14.0. The van der Waals surface area contributed by atoms with Gasteiger partial charge in [-0.05, 0) is 70.5 Å². The molecule has 0 saturated carbocycles. The predicted molar refractivity (Wildman–Crippen MR) is 115 cm³/mol. The Morgan fingerprint density at radius 1 is 1.31 bits per heavy atom. The van der Waals surface area contributed by atoms with Gasteiger partial charge in [0.15, 0.2) is 11.5 Å². The van der Waals surface area contributed by atoms with Crippen LogP contribution in [0, 0.1) is 5.82 Å². The highest BCUT2D eigenvalue weighted by molar-refractivity contribution is 9.10. The van der Waals surface area contributed by atoms with E-state index in [-0.39, 0.29) is 22.0 Å².